The number of benzene rings is 1. The summed E-state index contributed by atoms with van der Waals surface area (Å²) in [5, 5.41) is 24.9. The minimum atomic E-state index is -0.518. The summed E-state index contributed by atoms with van der Waals surface area (Å²) in [6.45, 7) is 0. The van der Waals surface area contributed by atoms with Crippen molar-refractivity contribution in [2.75, 3.05) is 5.32 Å². The molecule has 0 radical (unpaired) electrons. The first-order valence-corrected chi connectivity index (χ1v) is 8.44. The van der Waals surface area contributed by atoms with Gasteiger partial charge in [0, 0.05) is 17.0 Å². The van der Waals surface area contributed by atoms with E-state index < -0.39 is 4.92 Å². The molecule has 9 heteroatoms. The Morgan fingerprint density at radius 1 is 1.33 bits per heavy atom. The highest BCUT2D eigenvalue weighted by Gasteiger charge is 2.23. The van der Waals surface area contributed by atoms with Gasteiger partial charge in [0.15, 0.2) is 0 Å². The van der Waals surface area contributed by atoms with Gasteiger partial charge >= 0.3 is 0 Å². The number of anilines is 2. The van der Waals surface area contributed by atoms with Crippen LogP contribution in [0.5, 0.6) is 5.75 Å². The number of nitro benzene ring substituents is 1. The molecule has 2 aromatic heterocycles. The first-order chi connectivity index (χ1) is 11.5. The van der Waals surface area contributed by atoms with Gasteiger partial charge in [0.05, 0.1) is 16.0 Å². The highest BCUT2D eigenvalue weighted by Crippen LogP contribution is 2.41. The topological polar surface area (TPSA) is 101 Å². The van der Waals surface area contributed by atoms with Crippen molar-refractivity contribution in [1.82, 2.24) is 9.97 Å². The van der Waals surface area contributed by atoms with Crippen LogP contribution in [0.4, 0.5) is 17.2 Å². The van der Waals surface area contributed by atoms with Gasteiger partial charge in [-0.05, 0) is 42.5 Å². The van der Waals surface area contributed by atoms with Gasteiger partial charge in [-0.15, -0.1) is 11.3 Å². The molecule has 2 N–H and O–H groups in total. The number of nitrogens with one attached hydrogen (secondary N) is 1. The number of thiophene rings is 1. The first-order valence-electron chi connectivity index (χ1n) is 7.25. The van der Waals surface area contributed by atoms with Gasteiger partial charge in [0.25, 0.3) is 5.69 Å². The molecule has 1 aliphatic rings. The largest absolute Gasteiger partial charge is 0.506 e. The average molecular weight is 363 g/mol. The van der Waals surface area contributed by atoms with E-state index in [0.717, 1.165) is 29.5 Å². The molecule has 4 rings (SSSR count). The molecular weight excluding hydrogens is 352 g/mol. The molecule has 0 aliphatic heterocycles. The van der Waals surface area contributed by atoms with Gasteiger partial charge in [-0.3, -0.25) is 10.1 Å². The number of aryl methyl sites for hydroxylation is 2. The Bertz CT molecular complexity index is 988. The molecule has 3 aromatic rings. The molecule has 0 atom stereocenters. The predicted octanol–water partition coefficient (Wildman–Crippen LogP) is 4.19. The van der Waals surface area contributed by atoms with Crippen molar-refractivity contribution in [3.8, 4) is 5.75 Å². The Hall–Kier alpha value is -2.45. The maximum Gasteiger partial charge on any atom is 0.271 e. The van der Waals surface area contributed by atoms with E-state index in [9.17, 15) is 15.2 Å². The van der Waals surface area contributed by atoms with Gasteiger partial charge < -0.3 is 10.4 Å². The van der Waals surface area contributed by atoms with Gasteiger partial charge in [-0.2, -0.15) is 4.98 Å². The summed E-state index contributed by atoms with van der Waals surface area (Å²) in [5.41, 5.74) is 1.28. The number of halogens is 1. The Morgan fingerprint density at radius 2 is 2.17 bits per heavy atom. The van der Waals surface area contributed by atoms with E-state index in [1.165, 1.54) is 28.6 Å². The number of fused-ring (bicyclic) bond motifs is 3. The first kappa shape index (κ1) is 15.1. The van der Waals surface area contributed by atoms with E-state index >= 15 is 0 Å². The molecule has 0 unspecified atom stereocenters. The van der Waals surface area contributed by atoms with Gasteiger partial charge in [0.1, 0.15) is 16.4 Å². The van der Waals surface area contributed by atoms with Crippen LogP contribution in [0, 0.1) is 10.1 Å². The predicted molar refractivity (Wildman–Crippen MR) is 92.5 cm³/mol. The minimum absolute atomic E-state index is 0.0924. The standard InChI is InChI=1S/C15H11ClN4O3S/c16-15-18-13(12-8-2-1-3-11(8)24-14(12)19-15)17-9-6-7(20(22)23)4-5-10(9)21/h4-6,21H,1-3H2,(H,17,18,19). The van der Waals surface area contributed by atoms with E-state index in [-0.39, 0.29) is 22.4 Å². The molecular formula is C15H11ClN4O3S. The fraction of sp³-hybridized carbons (Fsp3) is 0.200. The van der Waals surface area contributed by atoms with Crippen molar-refractivity contribution in [3.63, 3.8) is 0 Å². The van der Waals surface area contributed by atoms with Crippen molar-refractivity contribution >= 4 is 50.3 Å². The van der Waals surface area contributed by atoms with Gasteiger partial charge in [0.2, 0.25) is 5.28 Å². The Balaban J connectivity index is 1.86. The molecule has 0 saturated carbocycles. The third-order valence-corrected chi connectivity index (χ3v) is 5.34. The van der Waals surface area contributed by atoms with Crippen LogP contribution in [0.15, 0.2) is 18.2 Å². The smallest absolute Gasteiger partial charge is 0.271 e. The summed E-state index contributed by atoms with van der Waals surface area (Å²) >= 11 is 7.60. The average Bonchev–Trinajstić information content (AvgIpc) is 3.09. The summed E-state index contributed by atoms with van der Waals surface area (Å²) in [5.74, 6) is 0.357. The minimum Gasteiger partial charge on any atom is -0.506 e. The molecule has 122 valence electrons. The number of aromatic nitrogens is 2. The van der Waals surface area contributed by atoms with Crippen molar-refractivity contribution in [3.05, 3.63) is 44.0 Å². The summed E-state index contributed by atoms with van der Waals surface area (Å²) < 4.78 is 0. The van der Waals surface area contributed by atoms with Crippen LogP contribution in [0.1, 0.15) is 16.9 Å². The second-order valence-electron chi connectivity index (χ2n) is 5.46. The lowest BCUT2D eigenvalue weighted by Gasteiger charge is -2.10. The van der Waals surface area contributed by atoms with Crippen LogP contribution >= 0.6 is 22.9 Å². The van der Waals surface area contributed by atoms with E-state index in [2.05, 4.69) is 15.3 Å². The molecule has 0 saturated heterocycles. The Labute approximate surface area is 145 Å². The lowest BCUT2D eigenvalue weighted by Crippen LogP contribution is -1.98. The van der Waals surface area contributed by atoms with E-state index in [1.54, 1.807) is 11.3 Å². The molecule has 0 bridgehead atoms. The maximum atomic E-state index is 10.9. The highest BCUT2D eigenvalue weighted by atomic mass is 35.5. The van der Waals surface area contributed by atoms with Crippen molar-refractivity contribution in [1.29, 1.82) is 0 Å². The Morgan fingerprint density at radius 3 is 2.96 bits per heavy atom. The molecule has 1 aromatic carbocycles. The van der Waals surface area contributed by atoms with Crippen molar-refractivity contribution in [2.45, 2.75) is 19.3 Å². The van der Waals surface area contributed by atoms with E-state index in [4.69, 9.17) is 11.6 Å². The van der Waals surface area contributed by atoms with Crippen LogP contribution in [0.2, 0.25) is 5.28 Å². The second-order valence-corrected chi connectivity index (χ2v) is 6.88. The van der Waals surface area contributed by atoms with Crippen LogP contribution < -0.4 is 5.32 Å². The second kappa shape index (κ2) is 5.57. The number of nitrogens with zero attached hydrogens (tertiary/aromatic N) is 3. The van der Waals surface area contributed by atoms with Crippen LogP contribution in [0.25, 0.3) is 10.2 Å². The third kappa shape index (κ3) is 2.44. The zero-order chi connectivity index (χ0) is 16.8. The highest BCUT2D eigenvalue weighted by molar-refractivity contribution is 7.19. The Kier molecular flexibility index (Phi) is 3.50. The van der Waals surface area contributed by atoms with Crippen LogP contribution in [-0.4, -0.2) is 20.0 Å². The quantitative estimate of drug-likeness (QED) is 0.313. The summed E-state index contributed by atoms with van der Waals surface area (Å²) in [6.07, 6.45) is 3.03. The molecule has 0 spiro atoms. The number of hydrogen-bond acceptors (Lipinski definition) is 7. The molecule has 0 fully saturated rings. The van der Waals surface area contributed by atoms with Crippen LogP contribution in [-0.2, 0) is 12.8 Å². The molecule has 24 heavy (non-hydrogen) atoms. The molecule has 2 heterocycles. The number of non-ortho nitro benzene ring substituents is 1. The monoisotopic (exact) mass is 362 g/mol. The fourth-order valence-corrected chi connectivity index (χ4v) is 4.41. The number of phenols is 1. The van der Waals surface area contributed by atoms with Crippen LogP contribution in [0.3, 0.4) is 0 Å². The van der Waals surface area contributed by atoms with Gasteiger partial charge in [-0.1, -0.05) is 0 Å². The molecule has 1 aliphatic carbocycles. The number of nitro groups is 1. The third-order valence-electron chi connectivity index (χ3n) is 3.98. The fourth-order valence-electron chi connectivity index (χ4n) is 2.93. The normalized spacial score (nSPS) is 13.2. The summed E-state index contributed by atoms with van der Waals surface area (Å²) in [4.78, 5) is 21.0. The lowest BCUT2D eigenvalue weighted by atomic mass is 10.2. The SMILES string of the molecule is O=[N+]([O-])c1ccc(O)c(Nc2nc(Cl)nc3sc4c(c23)CCC4)c1. The number of hydrogen-bond donors (Lipinski definition) is 2. The molecule has 0 amide bonds. The number of phenolic OH excluding ortho intramolecular Hbond substituents is 1. The van der Waals surface area contributed by atoms with E-state index in [1.807, 2.05) is 0 Å². The van der Waals surface area contributed by atoms with Crippen molar-refractivity contribution in [2.24, 2.45) is 0 Å². The summed E-state index contributed by atoms with van der Waals surface area (Å²) in [7, 11) is 0. The number of rotatable bonds is 3. The number of aromatic hydroxyl groups is 1. The van der Waals surface area contributed by atoms with Gasteiger partial charge in [-0.25, -0.2) is 4.98 Å². The lowest BCUT2D eigenvalue weighted by molar-refractivity contribution is -0.384. The molecule has 7 nitrogen and oxygen atoms in total. The summed E-state index contributed by atoms with van der Waals surface area (Å²) in [6, 6.07) is 3.79. The zero-order valence-electron chi connectivity index (χ0n) is 12.2. The van der Waals surface area contributed by atoms with E-state index in [0.29, 0.717) is 5.82 Å². The zero-order valence-corrected chi connectivity index (χ0v) is 13.8. The maximum absolute atomic E-state index is 10.9. The van der Waals surface area contributed by atoms with Crippen molar-refractivity contribution < 1.29 is 10.0 Å².